The van der Waals surface area contributed by atoms with Crippen LogP contribution in [0.2, 0.25) is 0 Å². The summed E-state index contributed by atoms with van der Waals surface area (Å²) in [5, 5.41) is 3.41. The topological polar surface area (TPSA) is 21.3 Å². The maximum atomic E-state index is 5.80. The van der Waals surface area contributed by atoms with Gasteiger partial charge < -0.3 is 10.1 Å². The van der Waals surface area contributed by atoms with Crippen LogP contribution in [0.5, 0.6) is 5.75 Å². The molecule has 1 aliphatic rings. The maximum Gasteiger partial charge on any atom is 0.142 e. The Morgan fingerprint density at radius 2 is 1.89 bits per heavy atom. The number of fused-ring (bicyclic) bond motifs is 1. The molecule has 0 bridgehead atoms. The van der Waals surface area contributed by atoms with Crippen molar-refractivity contribution in [3.8, 4) is 16.9 Å². The van der Waals surface area contributed by atoms with Crippen molar-refractivity contribution in [1.29, 1.82) is 0 Å². The summed E-state index contributed by atoms with van der Waals surface area (Å²) in [4.78, 5) is 0. The Hall–Kier alpha value is -1.48. The lowest BCUT2D eigenvalue weighted by Crippen LogP contribution is -2.27. The molecule has 2 aromatic carbocycles. The van der Waals surface area contributed by atoms with Crippen molar-refractivity contribution in [2.24, 2.45) is 0 Å². The van der Waals surface area contributed by atoms with Gasteiger partial charge in [0.2, 0.25) is 0 Å². The predicted molar refractivity (Wildman–Crippen MR) is 82.9 cm³/mol. The van der Waals surface area contributed by atoms with Gasteiger partial charge in [-0.05, 0) is 48.7 Å². The second-order valence-corrected chi connectivity index (χ2v) is 5.84. The van der Waals surface area contributed by atoms with Crippen molar-refractivity contribution in [1.82, 2.24) is 0 Å². The van der Waals surface area contributed by atoms with E-state index in [-0.39, 0.29) is 6.10 Å². The summed E-state index contributed by atoms with van der Waals surface area (Å²) in [5.74, 6) is 0.941. The van der Waals surface area contributed by atoms with Gasteiger partial charge in [0, 0.05) is 4.47 Å². The first-order valence-electron chi connectivity index (χ1n) is 6.44. The van der Waals surface area contributed by atoms with Crippen molar-refractivity contribution in [2.45, 2.75) is 20.0 Å². The van der Waals surface area contributed by atoms with E-state index in [9.17, 15) is 0 Å². The van der Waals surface area contributed by atoms with E-state index < -0.39 is 0 Å². The number of ether oxygens (including phenoxy) is 1. The van der Waals surface area contributed by atoms with Crippen LogP contribution in [0.15, 0.2) is 40.9 Å². The van der Waals surface area contributed by atoms with Crippen molar-refractivity contribution < 1.29 is 4.74 Å². The molecule has 1 N–H and O–H groups in total. The van der Waals surface area contributed by atoms with Gasteiger partial charge in [-0.1, -0.05) is 34.1 Å². The molecule has 3 rings (SSSR count). The highest BCUT2D eigenvalue weighted by atomic mass is 79.9. The molecule has 0 aliphatic carbocycles. The molecular formula is C16H16BrNO. The van der Waals surface area contributed by atoms with Crippen LogP contribution in [-0.2, 0) is 0 Å². The van der Waals surface area contributed by atoms with Gasteiger partial charge in [-0.3, -0.25) is 0 Å². The Balaban J connectivity index is 2.00. The molecule has 98 valence electrons. The molecule has 1 heterocycles. The zero-order valence-electron chi connectivity index (χ0n) is 11.0. The Morgan fingerprint density at radius 3 is 2.68 bits per heavy atom. The van der Waals surface area contributed by atoms with E-state index >= 15 is 0 Å². The first-order valence-corrected chi connectivity index (χ1v) is 7.24. The van der Waals surface area contributed by atoms with E-state index in [2.05, 4.69) is 65.4 Å². The summed E-state index contributed by atoms with van der Waals surface area (Å²) in [6.07, 6.45) is 0.230. The first-order chi connectivity index (χ1) is 9.13. The molecule has 2 aromatic rings. The summed E-state index contributed by atoms with van der Waals surface area (Å²) >= 11 is 3.54. The van der Waals surface area contributed by atoms with Crippen LogP contribution >= 0.6 is 15.9 Å². The van der Waals surface area contributed by atoms with Gasteiger partial charge in [-0.15, -0.1) is 0 Å². The fourth-order valence-corrected chi connectivity index (χ4v) is 2.53. The van der Waals surface area contributed by atoms with Crippen LogP contribution in [0.3, 0.4) is 0 Å². The molecule has 1 unspecified atom stereocenters. The van der Waals surface area contributed by atoms with E-state index in [1.54, 1.807) is 0 Å². The van der Waals surface area contributed by atoms with Crippen molar-refractivity contribution >= 4 is 21.6 Å². The molecule has 1 aliphatic heterocycles. The van der Waals surface area contributed by atoms with Crippen LogP contribution in [0.25, 0.3) is 11.1 Å². The van der Waals surface area contributed by atoms with Gasteiger partial charge in [0.05, 0.1) is 12.2 Å². The van der Waals surface area contributed by atoms with Crippen LogP contribution in [0.4, 0.5) is 5.69 Å². The minimum atomic E-state index is 0.230. The molecule has 0 fully saturated rings. The normalized spacial score (nSPS) is 17.3. The summed E-state index contributed by atoms with van der Waals surface area (Å²) in [7, 11) is 0. The maximum absolute atomic E-state index is 5.80. The first kappa shape index (κ1) is 12.5. The number of halogens is 1. The Morgan fingerprint density at radius 1 is 1.16 bits per heavy atom. The van der Waals surface area contributed by atoms with Gasteiger partial charge in [-0.25, -0.2) is 0 Å². The van der Waals surface area contributed by atoms with Crippen LogP contribution < -0.4 is 10.1 Å². The van der Waals surface area contributed by atoms with E-state index in [1.807, 2.05) is 6.07 Å². The van der Waals surface area contributed by atoms with E-state index in [0.717, 1.165) is 22.5 Å². The number of hydrogen-bond donors (Lipinski definition) is 1. The molecule has 0 saturated carbocycles. The number of benzene rings is 2. The zero-order chi connectivity index (χ0) is 13.4. The third-order valence-electron chi connectivity index (χ3n) is 3.38. The van der Waals surface area contributed by atoms with Crippen LogP contribution in [-0.4, -0.2) is 12.6 Å². The number of anilines is 1. The summed E-state index contributed by atoms with van der Waals surface area (Å²) in [6, 6.07) is 12.7. The predicted octanol–water partition coefficient (Wildman–Crippen LogP) is 4.62. The average molecular weight is 318 g/mol. The molecular weight excluding hydrogens is 302 g/mol. The SMILES string of the molecule is Cc1cc(-c2ccc3c(c2)NCC(C)O3)ccc1Br. The quantitative estimate of drug-likeness (QED) is 0.828. The molecule has 0 spiro atoms. The lowest BCUT2D eigenvalue weighted by atomic mass is 10.0. The molecule has 0 saturated heterocycles. The van der Waals surface area contributed by atoms with Crippen molar-refractivity contribution in [2.75, 3.05) is 11.9 Å². The minimum absolute atomic E-state index is 0.230. The lowest BCUT2D eigenvalue weighted by Gasteiger charge is -2.25. The molecule has 19 heavy (non-hydrogen) atoms. The molecule has 3 heteroatoms. The van der Waals surface area contributed by atoms with Gasteiger partial charge in [-0.2, -0.15) is 0 Å². The van der Waals surface area contributed by atoms with Gasteiger partial charge in [0.1, 0.15) is 11.9 Å². The second-order valence-electron chi connectivity index (χ2n) is 4.98. The molecule has 1 atom stereocenters. The summed E-state index contributed by atoms with van der Waals surface area (Å²) in [6.45, 7) is 5.03. The molecule has 0 radical (unpaired) electrons. The monoisotopic (exact) mass is 317 g/mol. The number of aryl methyl sites for hydroxylation is 1. The largest absolute Gasteiger partial charge is 0.487 e. The van der Waals surface area contributed by atoms with Crippen LogP contribution in [0.1, 0.15) is 12.5 Å². The highest BCUT2D eigenvalue weighted by molar-refractivity contribution is 9.10. The standard InChI is InChI=1S/C16H16BrNO/c1-10-7-12(3-5-14(10)17)13-4-6-16-15(8-13)18-9-11(2)19-16/h3-8,11,18H,9H2,1-2H3. The van der Waals surface area contributed by atoms with Crippen molar-refractivity contribution in [3.63, 3.8) is 0 Å². The fraction of sp³-hybridized carbons (Fsp3) is 0.250. The summed E-state index contributed by atoms with van der Waals surface area (Å²) in [5.41, 5.74) is 4.76. The summed E-state index contributed by atoms with van der Waals surface area (Å²) < 4.78 is 6.94. The van der Waals surface area contributed by atoms with Crippen molar-refractivity contribution in [3.05, 3.63) is 46.4 Å². The van der Waals surface area contributed by atoms with Crippen LogP contribution in [0, 0.1) is 6.92 Å². The molecule has 2 nitrogen and oxygen atoms in total. The smallest absolute Gasteiger partial charge is 0.142 e. The molecule has 0 amide bonds. The Labute approximate surface area is 121 Å². The number of hydrogen-bond acceptors (Lipinski definition) is 2. The second kappa shape index (κ2) is 4.89. The third-order valence-corrected chi connectivity index (χ3v) is 4.27. The third kappa shape index (κ3) is 2.47. The molecule has 0 aromatic heterocycles. The minimum Gasteiger partial charge on any atom is -0.487 e. The van der Waals surface area contributed by atoms with Gasteiger partial charge in [0.25, 0.3) is 0 Å². The van der Waals surface area contributed by atoms with Gasteiger partial charge >= 0.3 is 0 Å². The van der Waals surface area contributed by atoms with E-state index in [4.69, 9.17) is 4.74 Å². The highest BCUT2D eigenvalue weighted by Crippen LogP contribution is 2.34. The van der Waals surface area contributed by atoms with Gasteiger partial charge in [0.15, 0.2) is 0 Å². The lowest BCUT2D eigenvalue weighted by molar-refractivity contribution is 0.226. The van der Waals surface area contributed by atoms with E-state index in [0.29, 0.717) is 0 Å². The number of rotatable bonds is 1. The fourth-order valence-electron chi connectivity index (χ4n) is 2.29. The Kier molecular flexibility index (Phi) is 3.23. The number of nitrogens with one attached hydrogen (secondary N) is 1. The highest BCUT2D eigenvalue weighted by Gasteiger charge is 2.15. The Bertz CT molecular complexity index is 624. The van der Waals surface area contributed by atoms with E-state index in [1.165, 1.54) is 16.7 Å². The average Bonchev–Trinajstić information content (AvgIpc) is 2.41. The zero-order valence-corrected chi connectivity index (χ0v) is 12.6.